The Hall–Kier alpha value is -3.36. The number of benzene rings is 2. The highest BCUT2D eigenvalue weighted by Crippen LogP contribution is 2.24. The van der Waals surface area contributed by atoms with Crippen LogP contribution in [0.15, 0.2) is 47.3 Å². The first-order valence-electron chi connectivity index (χ1n) is 8.51. The zero-order valence-electron chi connectivity index (χ0n) is 14.4. The summed E-state index contributed by atoms with van der Waals surface area (Å²) in [6.07, 6.45) is -3.20. The molecule has 3 aromatic rings. The van der Waals surface area contributed by atoms with Gasteiger partial charge in [0.1, 0.15) is 11.6 Å². The van der Waals surface area contributed by atoms with E-state index < -0.39 is 12.3 Å². The highest BCUT2D eigenvalue weighted by Gasteiger charge is 2.31. The molecule has 0 atom stereocenters. The average molecular weight is 389 g/mol. The predicted octanol–water partition coefficient (Wildman–Crippen LogP) is 3.49. The molecule has 1 amide bonds. The van der Waals surface area contributed by atoms with E-state index in [1.54, 1.807) is 10.6 Å². The molecule has 9 heteroatoms. The summed E-state index contributed by atoms with van der Waals surface area (Å²) in [6, 6.07) is 9.43. The van der Waals surface area contributed by atoms with Crippen molar-refractivity contribution in [1.29, 1.82) is 0 Å². The summed E-state index contributed by atoms with van der Waals surface area (Å²) in [7, 11) is 0. The molecular weight excluding hydrogens is 375 g/mol. The molecule has 1 aliphatic rings. The molecule has 0 radical (unpaired) electrons. The molecule has 144 valence electrons. The van der Waals surface area contributed by atoms with Gasteiger partial charge in [0, 0.05) is 24.2 Å². The number of halogens is 3. The second-order valence-corrected chi connectivity index (χ2v) is 6.35. The Kier molecular flexibility index (Phi) is 4.29. The molecule has 0 spiro atoms. The monoisotopic (exact) mass is 389 g/mol. The van der Waals surface area contributed by atoms with Crippen LogP contribution in [-0.4, -0.2) is 21.8 Å². The molecule has 28 heavy (non-hydrogen) atoms. The molecule has 0 saturated heterocycles. The van der Waals surface area contributed by atoms with Crippen LogP contribution in [0.25, 0.3) is 10.9 Å². The van der Waals surface area contributed by atoms with E-state index in [0.717, 1.165) is 18.6 Å². The number of hydrogen-bond acceptors (Lipinski definition) is 4. The molecule has 4 rings (SSSR count). The topological polar surface area (TPSA) is 73.2 Å². The van der Waals surface area contributed by atoms with Crippen molar-refractivity contribution < 1.29 is 22.7 Å². The number of nitrogens with one attached hydrogen (secondary N) is 1. The molecule has 0 aliphatic carbocycles. The lowest BCUT2D eigenvalue weighted by Gasteiger charge is -2.10. The van der Waals surface area contributed by atoms with Crippen LogP contribution in [-0.2, 0) is 13.0 Å². The minimum atomic E-state index is -4.78. The van der Waals surface area contributed by atoms with Gasteiger partial charge in [-0.2, -0.15) is 0 Å². The van der Waals surface area contributed by atoms with E-state index in [9.17, 15) is 22.8 Å². The van der Waals surface area contributed by atoms with E-state index in [2.05, 4.69) is 15.0 Å². The maximum absolute atomic E-state index is 12.5. The molecule has 0 unspecified atom stereocenters. The fourth-order valence-electron chi connectivity index (χ4n) is 3.17. The number of carbonyl (C=O) groups excluding carboxylic acids is 1. The quantitative estimate of drug-likeness (QED) is 0.744. The first-order valence-corrected chi connectivity index (χ1v) is 8.51. The number of fused-ring (bicyclic) bond motifs is 2. The van der Waals surface area contributed by atoms with E-state index in [-0.39, 0.29) is 16.9 Å². The summed E-state index contributed by atoms with van der Waals surface area (Å²) < 4.78 is 42.0. The van der Waals surface area contributed by atoms with Gasteiger partial charge in [0.25, 0.3) is 11.5 Å². The fraction of sp³-hybridized carbons (Fsp3) is 0.211. The number of amides is 1. The van der Waals surface area contributed by atoms with E-state index in [0.29, 0.717) is 35.4 Å². The Labute approximate surface area is 156 Å². The number of hydrogen-bond donors (Lipinski definition) is 1. The third-order valence-corrected chi connectivity index (χ3v) is 4.42. The van der Waals surface area contributed by atoms with E-state index in [4.69, 9.17) is 0 Å². The molecule has 0 bridgehead atoms. The van der Waals surface area contributed by atoms with E-state index >= 15 is 0 Å². The van der Waals surface area contributed by atoms with Crippen LogP contribution >= 0.6 is 0 Å². The SMILES string of the molecule is O=C(Nc1ccc(OC(F)(F)F)cc1)c1ccc2c(=O)n3c(nc2c1)CCC3. The number of alkyl halides is 3. The van der Waals surface area contributed by atoms with Crippen molar-refractivity contribution in [3.63, 3.8) is 0 Å². The molecule has 1 aromatic heterocycles. The van der Waals surface area contributed by atoms with Gasteiger partial charge in [-0.05, 0) is 48.9 Å². The molecule has 1 N–H and O–H groups in total. The van der Waals surface area contributed by atoms with E-state index in [1.807, 2.05) is 0 Å². The zero-order chi connectivity index (χ0) is 19.9. The Bertz CT molecular complexity index is 1120. The second kappa shape index (κ2) is 6.66. The Morgan fingerprint density at radius 2 is 1.89 bits per heavy atom. The van der Waals surface area contributed by atoms with E-state index in [1.165, 1.54) is 24.3 Å². The molecule has 0 saturated carbocycles. The van der Waals surface area contributed by atoms with Crippen molar-refractivity contribution in [3.8, 4) is 5.75 Å². The first kappa shape index (κ1) is 18.0. The lowest BCUT2D eigenvalue weighted by atomic mass is 10.1. The van der Waals surface area contributed by atoms with Crippen molar-refractivity contribution in [3.05, 3.63) is 64.2 Å². The molecular formula is C19H14F3N3O3. The van der Waals surface area contributed by atoms with Crippen LogP contribution in [0.5, 0.6) is 5.75 Å². The van der Waals surface area contributed by atoms with Crippen molar-refractivity contribution in [2.45, 2.75) is 25.7 Å². The van der Waals surface area contributed by atoms with Gasteiger partial charge >= 0.3 is 6.36 Å². The summed E-state index contributed by atoms with van der Waals surface area (Å²) in [5, 5.41) is 3.03. The van der Waals surface area contributed by atoms with Crippen LogP contribution in [0.3, 0.4) is 0 Å². The maximum Gasteiger partial charge on any atom is 0.573 e. The standard InChI is InChI=1S/C19H14F3N3O3/c20-19(21,22)28-13-6-4-12(5-7-13)23-17(26)11-3-8-14-15(10-11)24-16-2-1-9-25(16)18(14)27/h3-8,10H,1-2,9H2,(H,23,26). The van der Waals surface area contributed by atoms with Crippen molar-refractivity contribution in [2.75, 3.05) is 5.32 Å². The zero-order valence-corrected chi connectivity index (χ0v) is 14.4. The smallest absolute Gasteiger partial charge is 0.406 e. The minimum Gasteiger partial charge on any atom is -0.406 e. The highest BCUT2D eigenvalue weighted by atomic mass is 19.4. The van der Waals surface area contributed by atoms with Gasteiger partial charge in [0.15, 0.2) is 0 Å². The third kappa shape index (κ3) is 3.55. The van der Waals surface area contributed by atoms with Crippen LogP contribution < -0.4 is 15.6 Å². The van der Waals surface area contributed by atoms with Gasteiger partial charge in [-0.25, -0.2) is 4.98 Å². The Balaban J connectivity index is 1.56. The lowest BCUT2D eigenvalue weighted by Crippen LogP contribution is -2.21. The number of ether oxygens (including phenoxy) is 1. The Morgan fingerprint density at radius 3 is 2.61 bits per heavy atom. The normalized spacial score (nSPS) is 13.4. The summed E-state index contributed by atoms with van der Waals surface area (Å²) in [6.45, 7) is 0.646. The minimum absolute atomic E-state index is 0.121. The summed E-state index contributed by atoms with van der Waals surface area (Å²) in [5.41, 5.74) is 0.920. The summed E-state index contributed by atoms with van der Waals surface area (Å²) in [4.78, 5) is 29.4. The van der Waals surface area contributed by atoms with Gasteiger partial charge < -0.3 is 10.1 Å². The van der Waals surface area contributed by atoms with Crippen LogP contribution in [0.1, 0.15) is 22.6 Å². The van der Waals surface area contributed by atoms with Crippen molar-refractivity contribution in [1.82, 2.24) is 9.55 Å². The van der Waals surface area contributed by atoms with Gasteiger partial charge in [0.2, 0.25) is 0 Å². The maximum atomic E-state index is 12.5. The number of carbonyl (C=O) groups is 1. The van der Waals surface area contributed by atoms with Crippen molar-refractivity contribution >= 4 is 22.5 Å². The number of anilines is 1. The largest absolute Gasteiger partial charge is 0.573 e. The lowest BCUT2D eigenvalue weighted by molar-refractivity contribution is -0.274. The molecule has 2 aromatic carbocycles. The fourth-order valence-corrected chi connectivity index (χ4v) is 3.17. The molecule has 2 heterocycles. The number of nitrogens with zero attached hydrogens (tertiary/aromatic N) is 2. The highest BCUT2D eigenvalue weighted by molar-refractivity contribution is 6.06. The van der Waals surface area contributed by atoms with Crippen LogP contribution in [0.4, 0.5) is 18.9 Å². The first-order chi connectivity index (χ1) is 13.3. The number of rotatable bonds is 3. The summed E-state index contributed by atoms with van der Waals surface area (Å²) in [5.74, 6) is -0.140. The second-order valence-electron chi connectivity index (χ2n) is 6.35. The van der Waals surface area contributed by atoms with Gasteiger partial charge in [-0.1, -0.05) is 0 Å². The average Bonchev–Trinajstić information content (AvgIpc) is 3.10. The molecule has 1 aliphatic heterocycles. The van der Waals surface area contributed by atoms with Gasteiger partial charge in [0.05, 0.1) is 10.9 Å². The summed E-state index contributed by atoms with van der Waals surface area (Å²) >= 11 is 0. The molecule has 6 nitrogen and oxygen atoms in total. The molecule has 0 fully saturated rings. The van der Waals surface area contributed by atoms with Crippen molar-refractivity contribution in [2.24, 2.45) is 0 Å². The number of aromatic nitrogens is 2. The van der Waals surface area contributed by atoms with Gasteiger partial charge in [-0.3, -0.25) is 14.2 Å². The van der Waals surface area contributed by atoms with Gasteiger partial charge in [-0.15, -0.1) is 13.2 Å². The van der Waals surface area contributed by atoms with Crippen LogP contribution in [0.2, 0.25) is 0 Å². The van der Waals surface area contributed by atoms with Crippen LogP contribution in [0, 0.1) is 0 Å². The Morgan fingerprint density at radius 1 is 1.14 bits per heavy atom. The predicted molar refractivity (Wildman–Crippen MR) is 95.4 cm³/mol. The number of aryl methyl sites for hydroxylation is 1. The third-order valence-electron chi connectivity index (χ3n) is 4.42.